The topological polar surface area (TPSA) is 192 Å². The van der Waals surface area contributed by atoms with Gasteiger partial charge in [0.1, 0.15) is 36.4 Å². The number of hydrogen-bond acceptors (Lipinski definition) is 9. The highest BCUT2D eigenvalue weighted by atomic mass is 79.9. The molecule has 6 aliphatic rings. The maximum absolute atomic E-state index is 11.2. The van der Waals surface area contributed by atoms with Crippen molar-refractivity contribution < 1.29 is 50.3 Å². The monoisotopic (exact) mass is 1580 g/mol. The van der Waals surface area contributed by atoms with Gasteiger partial charge < -0.3 is 54.7 Å². The van der Waals surface area contributed by atoms with Crippen molar-refractivity contribution in [3.63, 3.8) is 0 Å². The number of phenols is 1. The van der Waals surface area contributed by atoms with Gasteiger partial charge in [0.25, 0.3) is 0 Å². The molecule has 12 nitrogen and oxygen atoms in total. The summed E-state index contributed by atoms with van der Waals surface area (Å²) < 4.78 is 19.9. The first-order valence-corrected chi connectivity index (χ1v) is 38.5. The van der Waals surface area contributed by atoms with Crippen molar-refractivity contribution in [2.24, 2.45) is 0 Å². The molecule has 10 aromatic carbocycles. The second-order valence-corrected chi connectivity index (χ2v) is 30.3. The second-order valence-electron chi connectivity index (χ2n) is 28.4. The molecule has 0 unspecified atom stereocenters. The minimum atomic E-state index is -0.321. The number of benzene rings is 10. The Bertz CT molecular complexity index is 4510. The summed E-state index contributed by atoms with van der Waals surface area (Å²) >= 11 is 6.78. The maximum atomic E-state index is 11.2. The van der Waals surface area contributed by atoms with Gasteiger partial charge in [-0.3, -0.25) is 4.79 Å². The van der Waals surface area contributed by atoms with Crippen LogP contribution in [-0.4, -0.2) is 105 Å². The molecule has 0 amide bonds. The second kappa shape index (κ2) is 39.6. The zero-order valence-electron chi connectivity index (χ0n) is 63.9. The summed E-state index contributed by atoms with van der Waals surface area (Å²) in [7, 11) is 15.3. The van der Waals surface area contributed by atoms with Crippen molar-refractivity contribution in [2.75, 3.05) is 33.9 Å². The first-order valence-electron chi connectivity index (χ1n) is 36.9. The number of aliphatic hydroxyl groups is 3. The molecule has 2 fully saturated rings. The third-order valence-corrected chi connectivity index (χ3v) is 22.4. The zero-order chi connectivity index (χ0) is 75.3. The van der Waals surface area contributed by atoms with Gasteiger partial charge in [-0.1, -0.05) is 184 Å². The van der Waals surface area contributed by atoms with Crippen molar-refractivity contribution in [3.8, 4) is 39.5 Å². The molecule has 0 spiro atoms. The smallest absolute Gasteiger partial charge is 0.487 e. The average Bonchev–Trinajstić information content (AvgIpc) is 1.55. The number of para-hydroxylation sites is 1. The van der Waals surface area contributed by atoms with E-state index in [9.17, 15) is 25.2 Å². The highest BCUT2D eigenvalue weighted by Crippen LogP contribution is 2.49. The molecule has 17 heteroatoms. The number of fused-ring (bicyclic) bond motifs is 5. The van der Waals surface area contributed by atoms with Gasteiger partial charge in [0.05, 0.1) is 45.6 Å². The van der Waals surface area contributed by atoms with E-state index in [1.165, 1.54) is 63.0 Å². The standard InChI is InChI=1S/C18H20BNO.C18H20O2.C17H18O2.C10H15BN.C9H11BO.C9H9BrO.C9H7BrO.CH4.2H2O/c1-19-20-14-8-13-17(20)18(21-19,15-9-4-2-5-10-15)16-11-6-3-7-12-16;1-11-8-15(9-12(2)18(11)20-3)13-4-6-16-14(10-13)5-7-17(16)19;1-10-7-14(8-11(2)17(10)19)12-3-5-15-13(9-12)4-6-16(15)18;1-3-12(11,4-2)10-8-6-5-7-9-10;1-6-4-8(10)5-7(2)9(6)11-3;2*10-7-2-3-8-6(5-7)1-4-9(8)11;;;/h2-7,9-12,17H,8,13-14H2,1H3;4,6,8-10,17,19H,5,7H2,1-3H3;3,5,7-9,16,18-19H,4,6H2,1-2H3;5-9H,3-4H2,1-2H3;4-5H,1-3H3;2-3,5,9,11H,1,4H2;2-3,5H,1,4H2;1H4;2*1H2/q;;;+1;;;;;;/t2*17-;16-;;;9-;;;;/m011..1..../s1. The van der Waals surface area contributed by atoms with Crippen LogP contribution in [0, 0.1) is 41.5 Å². The highest BCUT2D eigenvalue weighted by Gasteiger charge is 2.56. The Labute approximate surface area is 662 Å². The van der Waals surface area contributed by atoms with Gasteiger partial charge in [0.15, 0.2) is 5.78 Å². The number of methoxy groups -OCH3 is 2. The van der Waals surface area contributed by atoms with Crippen LogP contribution in [0.4, 0.5) is 5.69 Å². The fraction of sp³-hybridized carbons (Fsp3) is 0.330. The van der Waals surface area contributed by atoms with Crippen molar-refractivity contribution in [3.05, 3.63) is 298 Å². The van der Waals surface area contributed by atoms with E-state index in [1.54, 1.807) is 14.2 Å². The predicted octanol–water partition coefficient (Wildman–Crippen LogP) is 18.4. The van der Waals surface area contributed by atoms with Crippen LogP contribution in [-0.2, 0) is 35.9 Å². The zero-order valence-corrected chi connectivity index (χ0v) is 67.0. The Morgan fingerprint density at radius 1 is 0.519 bits per heavy atom. The molecule has 2 heterocycles. The van der Waals surface area contributed by atoms with E-state index in [4.69, 9.17) is 30.0 Å². The molecular formula is C91H108B3Br2N2O10+. The van der Waals surface area contributed by atoms with Crippen LogP contribution in [0.2, 0.25) is 6.82 Å². The molecule has 4 aliphatic carbocycles. The Morgan fingerprint density at radius 2 is 0.917 bits per heavy atom. The van der Waals surface area contributed by atoms with E-state index in [-0.39, 0.29) is 55.1 Å². The molecular weight excluding hydrogens is 1470 g/mol. The van der Waals surface area contributed by atoms with Gasteiger partial charge in [-0.25, -0.2) is 0 Å². The maximum Gasteiger partial charge on any atom is 0.487 e. The fourth-order valence-corrected chi connectivity index (χ4v) is 16.7. The summed E-state index contributed by atoms with van der Waals surface area (Å²) in [6.45, 7) is 21.4. The van der Waals surface area contributed by atoms with Gasteiger partial charge in [-0.2, -0.15) is 0 Å². The van der Waals surface area contributed by atoms with Gasteiger partial charge >= 0.3 is 15.0 Å². The van der Waals surface area contributed by atoms with Gasteiger partial charge in [-0.15, -0.1) is 0 Å². The molecule has 564 valence electrons. The van der Waals surface area contributed by atoms with Crippen LogP contribution in [0.3, 0.4) is 0 Å². The van der Waals surface area contributed by atoms with Crippen LogP contribution in [0.1, 0.15) is 172 Å². The Morgan fingerprint density at radius 3 is 1.36 bits per heavy atom. The van der Waals surface area contributed by atoms with Crippen molar-refractivity contribution >= 4 is 71.7 Å². The summed E-state index contributed by atoms with van der Waals surface area (Å²) in [6, 6.07) is 68.8. The van der Waals surface area contributed by atoms with Crippen LogP contribution in [0.5, 0.6) is 17.2 Å². The minimum absolute atomic E-state index is 0. The minimum Gasteiger partial charge on any atom is -0.507 e. The third kappa shape index (κ3) is 20.4. The number of ketones is 1. The number of rotatable bonds is 9. The molecule has 2 aliphatic heterocycles. The van der Waals surface area contributed by atoms with Gasteiger partial charge in [-0.05, 0) is 293 Å². The molecule has 4 atom stereocenters. The van der Waals surface area contributed by atoms with E-state index in [2.05, 4.69) is 193 Å². The lowest BCUT2D eigenvalue weighted by molar-refractivity contribution is 0.0994. The number of quaternary nitrogens is 1. The van der Waals surface area contributed by atoms with Crippen LogP contribution >= 0.6 is 31.9 Å². The molecule has 108 heavy (non-hydrogen) atoms. The predicted molar refractivity (Wildman–Crippen MR) is 455 cm³/mol. The summed E-state index contributed by atoms with van der Waals surface area (Å²) in [4.78, 5) is 13.7. The average molecular weight is 1580 g/mol. The molecule has 10 aromatic rings. The van der Waals surface area contributed by atoms with E-state index >= 15 is 0 Å². The van der Waals surface area contributed by atoms with Crippen LogP contribution in [0.25, 0.3) is 22.3 Å². The first kappa shape index (κ1) is 87.3. The normalized spacial score (nSPS) is 17.0. The lowest BCUT2D eigenvalue weighted by Gasteiger charge is -2.36. The lowest BCUT2D eigenvalue weighted by Crippen LogP contribution is -2.46. The Kier molecular flexibility index (Phi) is 32.1. The van der Waals surface area contributed by atoms with Gasteiger partial charge in [0.2, 0.25) is 0 Å². The van der Waals surface area contributed by atoms with E-state index in [0.717, 1.165) is 157 Å². The number of aromatic hydroxyl groups is 1. The third-order valence-electron chi connectivity index (χ3n) is 21.4. The van der Waals surface area contributed by atoms with E-state index < -0.39 is 0 Å². The number of aliphatic hydroxyl groups excluding tert-OH is 3. The Hall–Kier alpha value is -7.90. The lowest BCUT2D eigenvalue weighted by atomic mass is 9.79. The Balaban J connectivity index is 0.000000178. The summed E-state index contributed by atoms with van der Waals surface area (Å²) in [5.41, 5.74) is 24.4. The van der Waals surface area contributed by atoms with Crippen molar-refractivity contribution in [1.82, 2.24) is 9.20 Å². The largest absolute Gasteiger partial charge is 0.507 e. The van der Waals surface area contributed by atoms with E-state index in [0.29, 0.717) is 22.6 Å². The van der Waals surface area contributed by atoms with Crippen molar-refractivity contribution in [1.29, 1.82) is 0 Å². The number of halogens is 2. The number of carbonyl (C=O) groups excluding carboxylic acids is 1. The summed E-state index contributed by atoms with van der Waals surface area (Å²) in [5.74, 6) is 2.55. The van der Waals surface area contributed by atoms with Crippen molar-refractivity contribution in [2.45, 2.75) is 164 Å². The molecule has 16 rings (SSSR count). The number of phenolic OH excluding ortho intramolecular Hbond substituents is 1. The van der Waals surface area contributed by atoms with Gasteiger partial charge in [0, 0.05) is 27.0 Å². The number of aryl methyl sites for hydroxylation is 10. The SMILES string of the molecule is C.CB1OC(c2ccccc2)(c2ccccc2)[C@@H]2CCCN12.COc1c(C)cc(-c2ccc3c(c2)CC[C@H]3O)cc1C.Cc1cc(-c2ccc3c(c2)CC[C@H]3O)cc(C)c1O.O.O.O=C1CCc2cc(Br)ccc21.O[C@@H]1CCc2cc(Br)ccc21.[B][N+](CC)(CC)c1ccccc1.[B]c1cc(C)c(OC)c(C)c1. The fourth-order valence-electron chi connectivity index (χ4n) is 15.9. The number of hydrogen-bond donors (Lipinski definition) is 4. The molecule has 0 aromatic heterocycles. The highest BCUT2D eigenvalue weighted by molar-refractivity contribution is 9.10. The molecule has 2 saturated heterocycles. The number of Topliss-reactive ketones (excluding diaryl/α,β-unsaturated/α-hetero) is 1. The molecule has 0 saturated carbocycles. The van der Waals surface area contributed by atoms with Crippen LogP contribution < -0.4 is 19.3 Å². The number of carbonyl (C=O) groups is 1. The first-order chi connectivity index (χ1) is 50.4. The molecule has 0 bridgehead atoms. The number of ether oxygens (including phenoxy) is 2. The van der Waals surface area contributed by atoms with E-state index in [1.807, 2.05) is 107 Å². The molecule has 4 radical (unpaired) electrons. The molecule has 8 N–H and O–H groups in total. The van der Waals surface area contributed by atoms with Crippen LogP contribution in [0.15, 0.2) is 209 Å². The summed E-state index contributed by atoms with van der Waals surface area (Å²) in [5, 5.41) is 39.0. The number of nitrogens with zero attached hydrogens (tertiary/aromatic N) is 2. The summed E-state index contributed by atoms with van der Waals surface area (Å²) in [6.07, 6.45) is 8.74. The quantitative estimate of drug-likeness (QED) is 0.102.